The molecule has 1 fully saturated rings. The summed E-state index contributed by atoms with van der Waals surface area (Å²) in [5.74, 6) is 0.407. The van der Waals surface area contributed by atoms with Crippen LogP contribution in [-0.4, -0.2) is 41.8 Å². The van der Waals surface area contributed by atoms with Gasteiger partial charge < -0.3 is 10.8 Å². The molecule has 1 rings (SSSR count). The zero-order chi connectivity index (χ0) is 13.9. The first-order valence-corrected chi connectivity index (χ1v) is 7.37. The Labute approximate surface area is 113 Å². The van der Waals surface area contributed by atoms with Crippen molar-refractivity contribution in [1.29, 1.82) is 0 Å². The van der Waals surface area contributed by atoms with Crippen LogP contribution in [0, 0.1) is 11.3 Å². The topological polar surface area (TPSA) is 49.5 Å². The summed E-state index contributed by atoms with van der Waals surface area (Å²) in [5, 5.41) is 9.63. The monoisotopic (exact) mass is 256 g/mol. The molecular formula is C15H32N2O. The van der Waals surface area contributed by atoms with Gasteiger partial charge in [-0.05, 0) is 44.1 Å². The molecular weight excluding hydrogens is 224 g/mol. The van der Waals surface area contributed by atoms with E-state index in [9.17, 15) is 5.11 Å². The number of nitrogens with zero attached hydrogens (tertiary/aromatic N) is 1. The molecule has 0 aromatic heterocycles. The third-order valence-corrected chi connectivity index (χ3v) is 4.81. The lowest BCUT2D eigenvalue weighted by atomic mass is 9.75. The van der Waals surface area contributed by atoms with E-state index in [1.807, 2.05) is 0 Å². The summed E-state index contributed by atoms with van der Waals surface area (Å²) in [5.41, 5.74) is 6.72. The van der Waals surface area contributed by atoms with Gasteiger partial charge in [-0.15, -0.1) is 0 Å². The molecule has 0 bridgehead atoms. The van der Waals surface area contributed by atoms with Crippen molar-refractivity contribution in [3.05, 3.63) is 0 Å². The molecule has 3 heteroatoms. The van der Waals surface area contributed by atoms with E-state index in [2.05, 4.69) is 39.6 Å². The van der Waals surface area contributed by atoms with Crippen molar-refractivity contribution in [2.45, 2.75) is 71.5 Å². The van der Waals surface area contributed by atoms with Crippen molar-refractivity contribution in [3.8, 4) is 0 Å². The van der Waals surface area contributed by atoms with E-state index in [0.29, 0.717) is 17.4 Å². The van der Waals surface area contributed by atoms with E-state index in [0.717, 1.165) is 0 Å². The van der Waals surface area contributed by atoms with Gasteiger partial charge in [-0.25, -0.2) is 0 Å². The molecule has 2 atom stereocenters. The lowest BCUT2D eigenvalue weighted by Gasteiger charge is -2.43. The van der Waals surface area contributed by atoms with Gasteiger partial charge in [0.15, 0.2) is 0 Å². The molecule has 0 spiro atoms. The number of aliphatic hydroxyl groups excluding tert-OH is 1. The number of rotatable bonds is 5. The Kier molecular flexibility index (Phi) is 5.63. The van der Waals surface area contributed by atoms with Crippen LogP contribution >= 0.6 is 0 Å². The third kappa shape index (κ3) is 3.94. The van der Waals surface area contributed by atoms with Gasteiger partial charge in [0, 0.05) is 18.1 Å². The van der Waals surface area contributed by atoms with Crippen molar-refractivity contribution in [1.82, 2.24) is 4.90 Å². The van der Waals surface area contributed by atoms with Gasteiger partial charge in [0.05, 0.1) is 6.61 Å². The highest BCUT2D eigenvalue weighted by atomic mass is 16.3. The second kappa shape index (κ2) is 6.36. The predicted molar refractivity (Wildman–Crippen MR) is 77.5 cm³/mol. The van der Waals surface area contributed by atoms with Crippen LogP contribution in [0.1, 0.15) is 53.4 Å². The Morgan fingerprint density at radius 1 is 1.28 bits per heavy atom. The number of aliphatic hydroxyl groups is 1. The highest BCUT2D eigenvalue weighted by Gasteiger charge is 2.33. The van der Waals surface area contributed by atoms with Crippen molar-refractivity contribution in [2.24, 2.45) is 17.1 Å². The molecule has 0 saturated heterocycles. The summed E-state index contributed by atoms with van der Waals surface area (Å²) in [7, 11) is 2.13. The van der Waals surface area contributed by atoms with Gasteiger partial charge in [-0.1, -0.05) is 27.7 Å². The van der Waals surface area contributed by atoms with Crippen molar-refractivity contribution in [2.75, 3.05) is 13.7 Å². The second-order valence-electron chi connectivity index (χ2n) is 7.13. The lowest BCUT2D eigenvalue weighted by Crippen LogP contribution is -2.55. The smallest absolute Gasteiger partial charge is 0.0602 e. The first-order valence-electron chi connectivity index (χ1n) is 7.37. The van der Waals surface area contributed by atoms with Gasteiger partial charge >= 0.3 is 0 Å². The molecule has 0 aromatic carbocycles. The zero-order valence-electron chi connectivity index (χ0n) is 12.8. The molecule has 1 aliphatic carbocycles. The molecule has 3 nitrogen and oxygen atoms in total. The Bertz CT molecular complexity index is 243. The number of nitrogens with two attached hydrogens (primary N) is 1. The Morgan fingerprint density at radius 3 is 2.17 bits per heavy atom. The molecule has 108 valence electrons. The largest absolute Gasteiger partial charge is 0.395 e. The zero-order valence-corrected chi connectivity index (χ0v) is 12.8. The van der Waals surface area contributed by atoms with Gasteiger partial charge in [0.1, 0.15) is 0 Å². The maximum Gasteiger partial charge on any atom is 0.0602 e. The summed E-state index contributed by atoms with van der Waals surface area (Å²) in [6.07, 6.45) is 5.00. The molecule has 0 radical (unpaired) electrons. The van der Waals surface area contributed by atoms with E-state index < -0.39 is 0 Å². The van der Waals surface area contributed by atoms with Gasteiger partial charge in [0.2, 0.25) is 0 Å². The highest BCUT2D eigenvalue weighted by molar-refractivity contribution is 4.89. The second-order valence-corrected chi connectivity index (χ2v) is 7.13. The summed E-state index contributed by atoms with van der Waals surface area (Å²) in [6.45, 7) is 9.13. The van der Waals surface area contributed by atoms with E-state index in [4.69, 9.17) is 5.73 Å². The summed E-state index contributed by atoms with van der Waals surface area (Å²) in [6, 6.07) is 0.728. The highest BCUT2D eigenvalue weighted by Crippen LogP contribution is 2.37. The standard InChI is InChI=1S/C15H32N2O/c1-11(2)14(16)13(10-18)17(5)12-6-8-15(3,4)9-7-12/h11-14,18H,6-10,16H2,1-5H3. The molecule has 1 saturated carbocycles. The molecule has 1 aliphatic rings. The van der Waals surface area contributed by atoms with Gasteiger partial charge in [-0.3, -0.25) is 4.90 Å². The minimum absolute atomic E-state index is 0.0509. The maximum atomic E-state index is 9.63. The van der Waals surface area contributed by atoms with Gasteiger partial charge in [-0.2, -0.15) is 0 Å². The predicted octanol–water partition coefficient (Wildman–Crippen LogP) is 2.23. The number of likely N-dealkylation sites (N-methyl/N-ethyl adjacent to an activating group) is 1. The fraction of sp³-hybridized carbons (Fsp3) is 1.00. The first-order chi connectivity index (χ1) is 8.28. The van der Waals surface area contributed by atoms with E-state index in [-0.39, 0.29) is 18.7 Å². The minimum Gasteiger partial charge on any atom is -0.395 e. The van der Waals surface area contributed by atoms with Crippen LogP contribution in [0.25, 0.3) is 0 Å². The van der Waals surface area contributed by atoms with E-state index in [1.165, 1.54) is 25.7 Å². The SMILES string of the molecule is CC(C)C(N)C(CO)N(C)C1CCC(C)(C)CC1. The van der Waals surface area contributed by atoms with Crippen molar-refractivity contribution >= 4 is 0 Å². The lowest BCUT2D eigenvalue weighted by molar-refractivity contribution is 0.0458. The molecule has 0 aromatic rings. The van der Waals surface area contributed by atoms with E-state index >= 15 is 0 Å². The van der Waals surface area contributed by atoms with Crippen LogP contribution in [0.15, 0.2) is 0 Å². The van der Waals surface area contributed by atoms with Crippen molar-refractivity contribution < 1.29 is 5.11 Å². The molecule has 18 heavy (non-hydrogen) atoms. The Balaban J connectivity index is 2.60. The quantitative estimate of drug-likeness (QED) is 0.793. The molecule has 0 aliphatic heterocycles. The van der Waals surface area contributed by atoms with Crippen LogP contribution in [-0.2, 0) is 0 Å². The first kappa shape index (κ1) is 15.9. The normalized spacial score (nSPS) is 24.5. The third-order valence-electron chi connectivity index (χ3n) is 4.81. The van der Waals surface area contributed by atoms with Crippen LogP contribution in [0.5, 0.6) is 0 Å². The molecule has 0 amide bonds. The number of hydrogen-bond donors (Lipinski definition) is 2. The van der Waals surface area contributed by atoms with Gasteiger partial charge in [0.25, 0.3) is 0 Å². The van der Waals surface area contributed by atoms with Crippen molar-refractivity contribution in [3.63, 3.8) is 0 Å². The average molecular weight is 256 g/mol. The van der Waals surface area contributed by atoms with Crippen LogP contribution < -0.4 is 5.73 Å². The summed E-state index contributed by atoms with van der Waals surface area (Å²) in [4.78, 5) is 2.33. The summed E-state index contributed by atoms with van der Waals surface area (Å²) < 4.78 is 0. The van der Waals surface area contributed by atoms with Crippen LogP contribution in [0.3, 0.4) is 0 Å². The van der Waals surface area contributed by atoms with Crippen LogP contribution in [0.4, 0.5) is 0 Å². The Hall–Kier alpha value is -0.120. The Morgan fingerprint density at radius 2 is 1.78 bits per heavy atom. The molecule has 0 heterocycles. The van der Waals surface area contributed by atoms with Crippen LogP contribution in [0.2, 0.25) is 0 Å². The van der Waals surface area contributed by atoms with E-state index in [1.54, 1.807) is 0 Å². The molecule has 3 N–H and O–H groups in total. The maximum absolute atomic E-state index is 9.63. The minimum atomic E-state index is 0.0509. The molecule has 2 unspecified atom stereocenters. The summed E-state index contributed by atoms with van der Waals surface area (Å²) >= 11 is 0. The number of hydrogen-bond acceptors (Lipinski definition) is 3. The fourth-order valence-electron chi connectivity index (χ4n) is 3.03. The average Bonchev–Trinajstić information content (AvgIpc) is 2.29. The fourth-order valence-corrected chi connectivity index (χ4v) is 3.03.